The number of rotatable bonds is 13. The van der Waals surface area contributed by atoms with E-state index in [2.05, 4.69) is 222 Å². The monoisotopic (exact) mass is 843 g/mol. The molecular weight excluding hydrogens is 791 g/mol. The lowest BCUT2D eigenvalue weighted by Crippen LogP contribution is -2.23. The van der Waals surface area contributed by atoms with Gasteiger partial charge in [0.1, 0.15) is 12.0 Å². The zero-order chi connectivity index (χ0) is 44.1. The summed E-state index contributed by atoms with van der Waals surface area (Å²) < 4.78 is 2.06. The van der Waals surface area contributed by atoms with Gasteiger partial charge in [-0.25, -0.2) is 4.98 Å². The SMILES string of the molecule is Cc1cc(-c2cccc(-c3ccc(-c4ccccc4)cc3)c2)ncc1-c1ccccc1-c1cc(CCc2ccc(-c3nccn3C)cc2)cc(CCc2ccc(C3NC=CN3C)cc2)c1. The van der Waals surface area contributed by atoms with Crippen LogP contribution in [0.15, 0.2) is 207 Å². The summed E-state index contributed by atoms with van der Waals surface area (Å²) in [5.41, 5.74) is 20.7. The fraction of sp³-hybridized carbons (Fsp3) is 0.133. The summed E-state index contributed by atoms with van der Waals surface area (Å²) in [6.07, 6.45) is 14.0. The summed E-state index contributed by atoms with van der Waals surface area (Å²) in [6.45, 7) is 2.22. The van der Waals surface area contributed by atoms with Gasteiger partial charge in [0.15, 0.2) is 0 Å². The van der Waals surface area contributed by atoms with Crippen molar-refractivity contribution < 1.29 is 0 Å². The predicted molar refractivity (Wildman–Crippen MR) is 269 cm³/mol. The van der Waals surface area contributed by atoms with Crippen LogP contribution >= 0.6 is 0 Å². The molecule has 1 atom stereocenters. The molecule has 7 aromatic carbocycles. The molecular formula is C60H53N5. The lowest BCUT2D eigenvalue weighted by molar-refractivity contribution is 0.340. The standard InChI is InChI=1S/C60H53N5/c1-42-36-58(53-13-9-12-52(40-53)49-30-28-48(29-31-49)47-10-5-4-6-11-47)63-41-57(42)56-15-8-7-14-55(56)54-38-45(18-16-43-20-24-50(25-21-43)59-61-32-34-64(59)2)37-46(39-54)19-17-44-22-26-51(27-23-44)60-62-33-35-65(60)3/h4-15,20-41,59,61H,16-19H2,1-3H3. The number of nitrogens with zero attached hydrogens (tertiary/aromatic N) is 4. The molecule has 1 N–H and O–H groups in total. The van der Waals surface area contributed by atoms with E-state index in [0.717, 1.165) is 53.9 Å². The molecule has 0 amide bonds. The zero-order valence-electron chi connectivity index (χ0n) is 37.3. The van der Waals surface area contributed by atoms with Crippen LogP contribution in [-0.4, -0.2) is 26.5 Å². The van der Waals surface area contributed by atoms with Gasteiger partial charge in [0.05, 0.1) is 5.69 Å². The minimum Gasteiger partial charge on any atom is -0.366 e. The first-order chi connectivity index (χ1) is 31.9. The molecule has 1 unspecified atom stereocenters. The maximum Gasteiger partial charge on any atom is 0.139 e. The molecule has 5 heteroatoms. The topological polar surface area (TPSA) is 46.0 Å². The normalized spacial score (nSPS) is 13.3. The molecule has 10 rings (SSSR count). The number of imidazole rings is 1. The molecule has 9 aromatic rings. The zero-order valence-corrected chi connectivity index (χ0v) is 37.3. The first kappa shape index (κ1) is 41.3. The maximum absolute atomic E-state index is 5.12. The number of nitrogens with one attached hydrogen (secondary N) is 1. The number of benzene rings is 7. The van der Waals surface area contributed by atoms with Crippen LogP contribution in [0.3, 0.4) is 0 Å². The van der Waals surface area contributed by atoms with E-state index in [1.165, 1.54) is 72.3 Å². The van der Waals surface area contributed by atoms with E-state index in [1.807, 2.05) is 25.6 Å². The highest BCUT2D eigenvalue weighted by molar-refractivity contribution is 5.86. The Morgan fingerprint density at radius 1 is 0.477 bits per heavy atom. The first-order valence-corrected chi connectivity index (χ1v) is 22.7. The largest absolute Gasteiger partial charge is 0.366 e. The highest BCUT2D eigenvalue weighted by atomic mass is 15.3. The van der Waals surface area contributed by atoms with E-state index in [1.54, 1.807) is 0 Å². The molecule has 2 aromatic heterocycles. The predicted octanol–water partition coefficient (Wildman–Crippen LogP) is 13.7. The number of aromatic nitrogens is 3. The number of pyridine rings is 1. The maximum atomic E-state index is 5.12. The second-order valence-electron chi connectivity index (χ2n) is 17.3. The van der Waals surface area contributed by atoms with Crippen LogP contribution in [0.25, 0.3) is 67.2 Å². The summed E-state index contributed by atoms with van der Waals surface area (Å²) >= 11 is 0. The van der Waals surface area contributed by atoms with Gasteiger partial charge < -0.3 is 14.8 Å². The first-order valence-electron chi connectivity index (χ1n) is 22.7. The molecule has 0 radical (unpaired) electrons. The molecule has 1 aliphatic rings. The van der Waals surface area contributed by atoms with Crippen molar-refractivity contribution in [3.63, 3.8) is 0 Å². The van der Waals surface area contributed by atoms with E-state index >= 15 is 0 Å². The third-order valence-electron chi connectivity index (χ3n) is 12.9. The van der Waals surface area contributed by atoms with Gasteiger partial charge >= 0.3 is 0 Å². The lowest BCUT2D eigenvalue weighted by Gasteiger charge is -2.21. The summed E-state index contributed by atoms with van der Waals surface area (Å²) in [5.74, 6) is 0.983. The van der Waals surface area contributed by atoms with Crippen molar-refractivity contribution in [2.75, 3.05) is 7.05 Å². The Morgan fingerprint density at radius 2 is 1.06 bits per heavy atom. The van der Waals surface area contributed by atoms with Gasteiger partial charge in [0.2, 0.25) is 0 Å². The van der Waals surface area contributed by atoms with Crippen LogP contribution in [0.2, 0.25) is 0 Å². The summed E-state index contributed by atoms with van der Waals surface area (Å²) in [4.78, 5) is 11.9. The van der Waals surface area contributed by atoms with Crippen molar-refractivity contribution >= 4 is 0 Å². The van der Waals surface area contributed by atoms with Crippen molar-refractivity contribution in [3.8, 4) is 67.2 Å². The smallest absolute Gasteiger partial charge is 0.139 e. The van der Waals surface area contributed by atoms with E-state index in [4.69, 9.17) is 4.98 Å². The van der Waals surface area contributed by atoms with Gasteiger partial charge in [-0.05, 0) is 117 Å². The average Bonchev–Trinajstić information content (AvgIpc) is 4.00. The van der Waals surface area contributed by atoms with Crippen molar-refractivity contribution in [2.45, 2.75) is 38.8 Å². The minimum atomic E-state index is 0.185. The molecule has 0 saturated carbocycles. The van der Waals surface area contributed by atoms with Crippen LogP contribution in [-0.2, 0) is 32.7 Å². The Hall–Kier alpha value is -7.76. The Kier molecular flexibility index (Phi) is 11.8. The molecule has 0 spiro atoms. The Bertz CT molecular complexity index is 3090. The quantitative estimate of drug-likeness (QED) is 0.126. The molecule has 1 aliphatic heterocycles. The summed E-state index contributed by atoms with van der Waals surface area (Å²) in [6, 6.07) is 64.4. The Labute approximate surface area is 383 Å². The fourth-order valence-corrected chi connectivity index (χ4v) is 9.21. The fourth-order valence-electron chi connectivity index (χ4n) is 9.21. The van der Waals surface area contributed by atoms with Gasteiger partial charge in [-0.3, -0.25) is 4.98 Å². The highest BCUT2D eigenvalue weighted by Gasteiger charge is 2.17. The molecule has 0 fully saturated rings. The number of hydrogen-bond donors (Lipinski definition) is 1. The number of hydrogen-bond acceptors (Lipinski definition) is 4. The molecule has 0 aliphatic carbocycles. The number of aryl methyl sites for hydroxylation is 6. The van der Waals surface area contributed by atoms with E-state index in [9.17, 15) is 0 Å². The second kappa shape index (κ2) is 18.5. The summed E-state index contributed by atoms with van der Waals surface area (Å²) in [5, 5.41) is 3.44. The van der Waals surface area contributed by atoms with E-state index in [-0.39, 0.29) is 6.17 Å². The van der Waals surface area contributed by atoms with Gasteiger partial charge in [-0.2, -0.15) is 0 Å². The van der Waals surface area contributed by atoms with Gasteiger partial charge in [0.25, 0.3) is 0 Å². The Balaban J connectivity index is 0.923. The average molecular weight is 844 g/mol. The van der Waals surface area contributed by atoms with Crippen molar-refractivity contribution in [2.24, 2.45) is 7.05 Å². The third kappa shape index (κ3) is 9.18. The van der Waals surface area contributed by atoms with Gasteiger partial charge in [0, 0.05) is 61.8 Å². The van der Waals surface area contributed by atoms with Crippen LogP contribution in [0, 0.1) is 6.92 Å². The van der Waals surface area contributed by atoms with Crippen LogP contribution in [0.4, 0.5) is 0 Å². The molecule has 3 heterocycles. The molecule has 65 heavy (non-hydrogen) atoms. The third-order valence-corrected chi connectivity index (χ3v) is 12.9. The van der Waals surface area contributed by atoms with Crippen LogP contribution in [0.1, 0.15) is 39.5 Å². The molecule has 0 bridgehead atoms. The van der Waals surface area contributed by atoms with Gasteiger partial charge in [-0.15, -0.1) is 0 Å². The lowest BCUT2D eigenvalue weighted by atomic mass is 9.89. The van der Waals surface area contributed by atoms with Gasteiger partial charge in [-0.1, -0.05) is 164 Å². The van der Waals surface area contributed by atoms with Crippen molar-refractivity contribution in [1.29, 1.82) is 0 Å². The summed E-state index contributed by atoms with van der Waals surface area (Å²) in [7, 11) is 4.15. The highest BCUT2D eigenvalue weighted by Crippen LogP contribution is 2.37. The van der Waals surface area contributed by atoms with Crippen molar-refractivity contribution in [3.05, 3.63) is 240 Å². The second-order valence-corrected chi connectivity index (χ2v) is 17.3. The minimum absolute atomic E-state index is 0.185. The Morgan fingerprint density at radius 3 is 1.71 bits per heavy atom. The molecule has 0 saturated heterocycles. The van der Waals surface area contributed by atoms with E-state index in [0.29, 0.717) is 0 Å². The van der Waals surface area contributed by atoms with Crippen LogP contribution < -0.4 is 5.32 Å². The van der Waals surface area contributed by atoms with E-state index < -0.39 is 0 Å². The van der Waals surface area contributed by atoms with Crippen LogP contribution in [0.5, 0.6) is 0 Å². The molecule has 318 valence electrons. The van der Waals surface area contributed by atoms with Crippen molar-refractivity contribution in [1.82, 2.24) is 24.8 Å². The molecule has 5 nitrogen and oxygen atoms in total.